The number of unbranched alkanes of at least 4 members (excludes halogenated alkanes) is 5. The van der Waals surface area contributed by atoms with E-state index in [1.165, 1.54) is 38.5 Å². The first kappa shape index (κ1) is 13.8. The van der Waals surface area contributed by atoms with Gasteiger partial charge in [0.1, 0.15) is 5.82 Å². The number of anilines is 1. The molecule has 0 bridgehead atoms. The molecule has 0 fully saturated rings. The monoisotopic (exact) mass is 261 g/mol. The van der Waals surface area contributed by atoms with E-state index in [0.29, 0.717) is 0 Å². The zero-order chi connectivity index (χ0) is 13.5. The van der Waals surface area contributed by atoms with Crippen molar-refractivity contribution in [1.29, 1.82) is 0 Å². The summed E-state index contributed by atoms with van der Waals surface area (Å²) in [5.74, 6) is 1.72. The Morgan fingerprint density at radius 1 is 1.11 bits per heavy atom. The summed E-state index contributed by atoms with van der Waals surface area (Å²) in [5, 5.41) is 11.6. The van der Waals surface area contributed by atoms with Gasteiger partial charge in [-0.25, -0.2) is 4.98 Å². The molecule has 5 heteroatoms. The van der Waals surface area contributed by atoms with Crippen LogP contribution >= 0.6 is 0 Å². The van der Waals surface area contributed by atoms with Crippen molar-refractivity contribution in [3.63, 3.8) is 0 Å². The van der Waals surface area contributed by atoms with Crippen LogP contribution in [0.3, 0.4) is 0 Å². The molecule has 0 unspecified atom stereocenters. The molecule has 0 saturated carbocycles. The Morgan fingerprint density at radius 2 is 1.89 bits per heavy atom. The summed E-state index contributed by atoms with van der Waals surface area (Å²) in [6.07, 6.45) is 11.5. The Bertz CT molecular complexity index is 506. The first-order valence-electron chi connectivity index (χ1n) is 7.23. The highest BCUT2D eigenvalue weighted by atomic mass is 15.3. The van der Waals surface area contributed by atoms with Crippen LogP contribution in [0.25, 0.3) is 5.65 Å². The Hall–Kier alpha value is -1.65. The topological polar surface area (TPSA) is 55.1 Å². The smallest absolute Gasteiger partial charge is 0.203 e. The third-order valence-electron chi connectivity index (χ3n) is 3.32. The maximum absolute atomic E-state index is 4.33. The lowest BCUT2D eigenvalue weighted by Gasteiger charge is -2.06. The van der Waals surface area contributed by atoms with Gasteiger partial charge in [-0.15, -0.1) is 10.2 Å². The molecule has 19 heavy (non-hydrogen) atoms. The van der Waals surface area contributed by atoms with E-state index in [1.54, 1.807) is 6.20 Å². The molecular weight excluding hydrogens is 238 g/mol. The number of rotatable bonds is 8. The normalized spacial score (nSPS) is 11.1. The molecule has 0 aliphatic rings. The Labute approximate surface area is 114 Å². The summed E-state index contributed by atoms with van der Waals surface area (Å²) in [6, 6.07) is 0. The molecule has 0 spiro atoms. The van der Waals surface area contributed by atoms with Gasteiger partial charge in [0.15, 0.2) is 5.82 Å². The minimum Gasteiger partial charge on any atom is -0.367 e. The first-order valence-corrected chi connectivity index (χ1v) is 7.23. The predicted molar refractivity (Wildman–Crippen MR) is 77.4 cm³/mol. The van der Waals surface area contributed by atoms with E-state index in [0.717, 1.165) is 23.8 Å². The highest BCUT2D eigenvalue weighted by Gasteiger charge is 2.06. The average Bonchev–Trinajstić information content (AvgIpc) is 2.81. The number of hydrogen-bond donors (Lipinski definition) is 1. The molecular formula is C14H23N5. The number of hydrogen-bond acceptors (Lipinski definition) is 4. The number of aromatic nitrogens is 4. The van der Waals surface area contributed by atoms with Gasteiger partial charge in [0, 0.05) is 18.9 Å². The van der Waals surface area contributed by atoms with Gasteiger partial charge in [-0.05, 0) is 13.3 Å². The van der Waals surface area contributed by atoms with Gasteiger partial charge in [-0.3, -0.25) is 4.40 Å². The Balaban J connectivity index is 1.79. The number of nitrogens with one attached hydrogen (secondary N) is 1. The van der Waals surface area contributed by atoms with Crippen molar-refractivity contribution in [3.8, 4) is 0 Å². The Morgan fingerprint density at radius 3 is 2.74 bits per heavy atom. The van der Waals surface area contributed by atoms with Crippen LogP contribution in [-0.4, -0.2) is 26.1 Å². The van der Waals surface area contributed by atoms with Crippen molar-refractivity contribution in [3.05, 3.63) is 18.2 Å². The van der Waals surface area contributed by atoms with Crippen LogP contribution in [0.2, 0.25) is 0 Å². The maximum atomic E-state index is 4.33. The summed E-state index contributed by atoms with van der Waals surface area (Å²) in [6.45, 7) is 5.14. The largest absolute Gasteiger partial charge is 0.367 e. The molecule has 0 amide bonds. The van der Waals surface area contributed by atoms with E-state index in [4.69, 9.17) is 0 Å². The molecule has 1 N–H and O–H groups in total. The Kier molecular flexibility index (Phi) is 5.12. The molecule has 0 aliphatic carbocycles. The molecule has 2 aromatic rings. The van der Waals surface area contributed by atoms with Crippen LogP contribution in [0, 0.1) is 6.92 Å². The van der Waals surface area contributed by atoms with Crippen molar-refractivity contribution in [2.45, 2.75) is 52.4 Å². The van der Waals surface area contributed by atoms with Gasteiger partial charge >= 0.3 is 0 Å². The van der Waals surface area contributed by atoms with Crippen LogP contribution in [-0.2, 0) is 0 Å². The van der Waals surface area contributed by atoms with Crippen molar-refractivity contribution < 1.29 is 0 Å². The highest BCUT2D eigenvalue weighted by Crippen LogP contribution is 2.12. The molecule has 104 valence electrons. The fourth-order valence-electron chi connectivity index (χ4n) is 2.18. The molecule has 0 saturated heterocycles. The summed E-state index contributed by atoms with van der Waals surface area (Å²) in [4.78, 5) is 4.33. The zero-order valence-corrected chi connectivity index (χ0v) is 11.9. The van der Waals surface area contributed by atoms with Crippen LogP contribution in [0.4, 0.5) is 5.82 Å². The fourth-order valence-corrected chi connectivity index (χ4v) is 2.18. The van der Waals surface area contributed by atoms with E-state index in [2.05, 4.69) is 27.4 Å². The lowest BCUT2D eigenvalue weighted by Crippen LogP contribution is -2.05. The van der Waals surface area contributed by atoms with Crippen molar-refractivity contribution in [2.75, 3.05) is 11.9 Å². The van der Waals surface area contributed by atoms with Gasteiger partial charge < -0.3 is 5.32 Å². The van der Waals surface area contributed by atoms with Crippen LogP contribution in [0.15, 0.2) is 12.4 Å². The van der Waals surface area contributed by atoms with E-state index in [-0.39, 0.29) is 0 Å². The quantitative estimate of drug-likeness (QED) is 0.741. The average molecular weight is 261 g/mol. The van der Waals surface area contributed by atoms with Crippen LogP contribution in [0.1, 0.15) is 51.3 Å². The van der Waals surface area contributed by atoms with E-state index >= 15 is 0 Å². The number of fused-ring (bicyclic) bond motifs is 1. The third kappa shape index (κ3) is 3.66. The first-order chi connectivity index (χ1) is 9.33. The second-order valence-corrected chi connectivity index (χ2v) is 4.91. The molecule has 0 radical (unpaired) electrons. The minimum absolute atomic E-state index is 0.811. The summed E-state index contributed by atoms with van der Waals surface area (Å²) in [7, 11) is 0. The van der Waals surface area contributed by atoms with Crippen molar-refractivity contribution in [1.82, 2.24) is 19.6 Å². The van der Waals surface area contributed by atoms with Crippen LogP contribution in [0.5, 0.6) is 0 Å². The van der Waals surface area contributed by atoms with E-state index in [1.807, 2.05) is 17.5 Å². The second-order valence-electron chi connectivity index (χ2n) is 4.91. The highest BCUT2D eigenvalue weighted by molar-refractivity contribution is 5.61. The van der Waals surface area contributed by atoms with Gasteiger partial charge in [0.2, 0.25) is 5.65 Å². The molecule has 2 aromatic heterocycles. The third-order valence-corrected chi connectivity index (χ3v) is 3.32. The molecule has 2 heterocycles. The number of nitrogens with zero attached hydrogens (tertiary/aromatic N) is 4. The van der Waals surface area contributed by atoms with Gasteiger partial charge in [-0.2, -0.15) is 0 Å². The summed E-state index contributed by atoms with van der Waals surface area (Å²) >= 11 is 0. The second kappa shape index (κ2) is 7.07. The van der Waals surface area contributed by atoms with Crippen molar-refractivity contribution in [2.24, 2.45) is 0 Å². The number of aryl methyl sites for hydroxylation is 1. The van der Waals surface area contributed by atoms with Gasteiger partial charge in [-0.1, -0.05) is 39.0 Å². The molecule has 2 rings (SSSR count). The molecule has 0 atom stereocenters. The SMILES string of the molecule is CCCCCCCCNc1nccn2c(C)nnc12. The van der Waals surface area contributed by atoms with Crippen LogP contribution < -0.4 is 5.32 Å². The van der Waals surface area contributed by atoms with E-state index in [9.17, 15) is 0 Å². The molecule has 5 nitrogen and oxygen atoms in total. The molecule has 0 aromatic carbocycles. The van der Waals surface area contributed by atoms with Gasteiger partial charge in [0.25, 0.3) is 0 Å². The fraction of sp³-hybridized carbons (Fsp3) is 0.643. The summed E-state index contributed by atoms with van der Waals surface area (Å²) in [5.41, 5.74) is 0.811. The van der Waals surface area contributed by atoms with E-state index < -0.39 is 0 Å². The summed E-state index contributed by atoms with van der Waals surface area (Å²) < 4.78 is 1.95. The lowest BCUT2D eigenvalue weighted by molar-refractivity contribution is 0.617. The minimum atomic E-state index is 0.811. The predicted octanol–water partition coefficient (Wildman–Crippen LogP) is 3.21. The molecule has 0 aliphatic heterocycles. The lowest BCUT2D eigenvalue weighted by atomic mass is 10.1. The maximum Gasteiger partial charge on any atom is 0.203 e. The standard InChI is InChI=1S/C14H23N5/c1-3-4-5-6-7-8-9-15-13-14-18-17-12(2)19(14)11-10-16-13/h10-11H,3-9H2,1-2H3,(H,15,16). The van der Waals surface area contributed by atoms with Crippen molar-refractivity contribution >= 4 is 11.5 Å². The zero-order valence-electron chi connectivity index (χ0n) is 11.9. The van der Waals surface area contributed by atoms with Gasteiger partial charge in [0.05, 0.1) is 0 Å².